The summed E-state index contributed by atoms with van der Waals surface area (Å²) in [5.41, 5.74) is 0.811. The van der Waals surface area contributed by atoms with Crippen LogP contribution in [0.25, 0.3) is 0 Å². The average Bonchev–Trinajstić information content (AvgIpc) is 3.08. The summed E-state index contributed by atoms with van der Waals surface area (Å²) in [4.78, 5) is 39.6. The van der Waals surface area contributed by atoms with Crippen molar-refractivity contribution >= 4 is 5.91 Å². The first-order valence-electron chi connectivity index (χ1n) is 7.49. The fourth-order valence-corrected chi connectivity index (χ4v) is 3.03. The molecule has 1 unspecified atom stereocenters. The highest BCUT2D eigenvalue weighted by atomic mass is 16.2. The quantitative estimate of drug-likeness (QED) is 0.842. The number of hydrogen-bond acceptors (Lipinski definition) is 4. The number of carbonyl (C=O) groups is 1. The fraction of sp³-hybridized carbons (Fsp3) is 0.467. The predicted molar refractivity (Wildman–Crippen MR) is 83.6 cm³/mol. The molecule has 1 fully saturated rings. The lowest BCUT2D eigenvalue weighted by molar-refractivity contribution is 0.0784. The number of likely N-dealkylation sites (tertiary alicyclic amines) is 1. The molecule has 3 heterocycles. The minimum atomic E-state index is -0.646. The molecular weight excluding hydrogens is 298 g/mol. The minimum Gasteiger partial charge on any atom is -0.336 e. The number of aromatic nitrogens is 4. The molecule has 0 aliphatic carbocycles. The number of aromatic amines is 1. The summed E-state index contributed by atoms with van der Waals surface area (Å²) in [6.45, 7) is 4.99. The zero-order chi connectivity index (χ0) is 16.7. The number of H-pyrrole nitrogens is 1. The van der Waals surface area contributed by atoms with E-state index in [4.69, 9.17) is 0 Å². The van der Waals surface area contributed by atoms with E-state index in [9.17, 15) is 14.4 Å². The van der Waals surface area contributed by atoms with Gasteiger partial charge in [-0.1, -0.05) is 0 Å². The molecule has 0 aromatic carbocycles. The van der Waals surface area contributed by atoms with Crippen molar-refractivity contribution in [2.75, 3.05) is 13.1 Å². The van der Waals surface area contributed by atoms with E-state index in [1.807, 2.05) is 24.6 Å². The molecule has 0 bridgehead atoms. The molecule has 0 saturated carbocycles. The molecule has 122 valence electrons. The Balaban J connectivity index is 1.83. The molecule has 1 N–H and O–H groups in total. The molecule has 8 heteroatoms. The van der Waals surface area contributed by atoms with Crippen molar-refractivity contribution < 1.29 is 4.79 Å². The molecule has 0 spiro atoms. The Morgan fingerprint density at radius 2 is 2.09 bits per heavy atom. The lowest BCUT2D eigenvalue weighted by Gasteiger charge is -2.17. The van der Waals surface area contributed by atoms with Crippen molar-refractivity contribution in [2.24, 2.45) is 7.05 Å². The molecular formula is C15H19N5O3. The molecule has 1 saturated heterocycles. The highest BCUT2D eigenvalue weighted by Crippen LogP contribution is 2.23. The summed E-state index contributed by atoms with van der Waals surface area (Å²) >= 11 is 0. The van der Waals surface area contributed by atoms with Crippen LogP contribution in [0.1, 0.15) is 34.2 Å². The highest BCUT2D eigenvalue weighted by molar-refractivity contribution is 5.93. The summed E-state index contributed by atoms with van der Waals surface area (Å²) in [5.74, 6) is -0.356. The summed E-state index contributed by atoms with van der Waals surface area (Å²) < 4.78 is 3.14. The van der Waals surface area contributed by atoms with E-state index in [1.54, 1.807) is 4.90 Å². The van der Waals surface area contributed by atoms with Gasteiger partial charge in [-0.2, -0.15) is 5.10 Å². The maximum atomic E-state index is 12.6. The Labute approximate surface area is 132 Å². The normalized spacial score (nSPS) is 17.7. The van der Waals surface area contributed by atoms with E-state index >= 15 is 0 Å². The highest BCUT2D eigenvalue weighted by Gasteiger charge is 2.30. The maximum Gasteiger partial charge on any atom is 0.328 e. The van der Waals surface area contributed by atoms with Crippen molar-refractivity contribution in [3.63, 3.8) is 0 Å². The van der Waals surface area contributed by atoms with Gasteiger partial charge in [0.25, 0.3) is 11.5 Å². The van der Waals surface area contributed by atoms with Crippen molar-refractivity contribution in [1.29, 1.82) is 0 Å². The second kappa shape index (κ2) is 5.53. The largest absolute Gasteiger partial charge is 0.336 e. The lowest BCUT2D eigenvalue weighted by atomic mass is 10.2. The summed E-state index contributed by atoms with van der Waals surface area (Å²) in [7, 11) is 1.50. The topological polar surface area (TPSA) is 93.0 Å². The smallest absolute Gasteiger partial charge is 0.328 e. The Hall–Kier alpha value is -2.64. The molecule has 23 heavy (non-hydrogen) atoms. The third-order valence-corrected chi connectivity index (χ3v) is 4.18. The van der Waals surface area contributed by atoms with Crippen molar-refractivity contribution in [3.8, 4) is 0 Å². The molecule has 8 nitrogen and oxygen atoms in total. The van der Waals surface area contributed by atoms with Gasteiger partial charge in [-0.25, -0.2) is 4.79 Å². The van der Waals surface area contributed by atoms with Crippen molar-refractivity contribution in [1.82, 2.24) is 24.2 Å². The van der Waals surface area contributed by atoms with E-state index < -0.39 is 11.2 Å². The van der Waals surface area contributed by atoms with Gasteiger partial charge in [-0.15, -0.1) is 0 Å². The third kappa shape index (κ3) is 2.71. The van der Waals surface area contributed by atoms with Gasteiger partial charge in [0.1, 0.15) is 5.56 Å². The van der Waals surface area contributed by atoms with Crippen LogP contribution in [0.3, 0.4) is 0 Å². The second-order valence-electron chi connectivity index (χ2n) is 5.98. The second-order valence-corrected chi connectivity index (χ2v) is 5.98. The Bertz CT molecular complexity index is 876. The van der Waals surface area contributed by atoms with Crippen LogP contribution in [-0.2, 0) is 7.05 Å². The van der Waals surface area contributed by atoms with Crippen LogP contribution in [0, 0.1) is 13.8 Å². The van der Waals surface area contributed by atoms with Gasteiger partial charge in [0, 0.05) is 32.0 Å². The fourth-order valence-electron chi connectivity index (χ4n) is 3.03. The van der Waals surface area contributed by atoms with Gasteiger partial charge < -0.3 is 9.47 Å². The number of nitrogens with zero attached hydrogens (tertiary/aromatic N) is 4. The number of rotatable bonds is 2. The summed E-state index contributed by atoms with van der Waals surface area (Å²) in [6.07, 6.45) is 2.08. The Kier molecular flexibility index (Phi) is 3.67. The van der Waals surface area contributed by atoms with Crippen LogP contribution in [0.15, 0.2) is 21.9 Å². The number of nitrogens with one attached hydrogen (secondary N) is 1. The van der Waals surface area contributed by atoms with E-state index in [0.29, 0.717) is 13.1 Å². The van der Waals surface area contributed by atoms with Gasteiger partial charge >= 0.3 is 5.69 Å². The third-order valence-electron chi connectivity index (χ3n) is 4.18. The van der Waals surface area contributed by atoms with Crippen LogP contribution >= 0.6 is 0 Å². The Morgan fingerprint density at radius 1 is 1.35 bits per heavy atom. The minimum absolute atomic E-state index is 0.0129. The maximum absolute atomic E-state index is 12.6. The van der Waals surface area contributed by atoms with Gasteiger partial charge in [0.15, 0.2) is 0 Å². The van der Waals surface area contributed by atoms with E-state index in [0.717, 1.165) is 17.8 Å². The van der Waals surface area contributed by atoms with Crippen LogP contribution < -0.4 is 11.2 Å². The summed E-state index contributed by atoms with van der Waals surface area (Å²) in [6, 6.07) is 2.11. The molecule has 1 atom stereocenters. The molecule has 3 rings (SSSR count). The van der Waals surface area contributed by atoms with E-state index in [2.05, 4.69) is 10.1 Å². The summed E-state index contributed by atoms with van der Waals surface area (Å²) in [5, 5.41) is 4.47. The molecule has 1 aliphatic rings. The zero-order valence-corrected chi connectivity index (χ0v) is 13.4. The number of amides is 1. The number of aryl methyl sites for hydroxylation is 3. The predicted octanol–water partition coefficient (Wildman–Crippen LogP) is -0.0259. The van der Waals surface area contributed by atoms with Gasteiger partial charge in [0.2, 0.25) is 0 Å². The number of carbonyl (C=O) groups excluding carboxylic acids is 1. The van der Waals surface area contributed by atoms with Crippen LogP contribution in [0.4, 0.5) is 0 Å². The molecule has 0 radical (unpaired) electrons. The first-order chi connectivity index (χ1) is 10.9. The average molecular weight is 317 g/mol. The van der Waals surface area contributed by atoms with Crippen LogP contribution in [-0.4, -0.2) is 43.2 Å². The molecule has 1 aliphatic heterocycles. The molecule has 2 aromatic heterocycles. The van der Waals surface area contributed by atoms with Crippen molar-refractivity contribution in [3.05, 3.63) is 50.1 Å². The monoisotopic (exact) mass is 317 g/mol. The van der Waals surface area contributed by atoms with Gasteiger partial charge in [0.05, 0.1) is 11.7 Å². The Morgan fingerprint density at radius 3 is 2.74 bits per heavy atom. The van der Waals surface area contributed by atoms with E-state index in [-0.39, 0.29) is 17.5 Å². The van der Waals surface area contributed by atoms with Gasteiger partial charge in [-0.3, -0.25) is 19.3 Å². The molecule has 2 aromatic rings. The van der Waals surface area contributed by atoms with E-state index in [1.165, 1.54) is 17.8 Å². The van der Waals surface area contributed by atoms with Crippen LogP contribution in [0.2, 0.25) is 0 Å². The lowest BCUT2D eigenvalue weighted by Crippen LogP contribution is -2.38. The number of hydrogen-bond donors (Lipinski definition) is 1. The van der Waals surface area contributed by atoms with Gasteiger partial charge in [-0.05, 0) is 26.3 Å². The SMILES string of the molecule is Cc1cc(C)n(C2CCN(C(=O)c3cn(C)c(=O)[nH]c3=O)C2)n1. The standard InChI is InChI=1S/C15H19N5O3/c1-9-6-10(2)20(17-9)11-4-5-19(7-11)14(22)12-8-18(3)15(23)16-13(12)21/h6,8,11H,4-5,7H2,1-3H3,(H,16,21,23). The first-order valence-corrected chi connectivity index (χ1v) is 7.49. The van der Waals surface area contributed by atoms with Crippen molar-refractivity contribution in [2.45, 2.75) is 26.3 Å². The molecule has 1 amide bonds. The zero-order valence-electron chi connectivity index (χ0n) is 13.4. The first kappa shape index (κ1) is 15.3. The van der Waals surface area contributed by atoms with Crippen LogP contribution in [0.5, 0.6) is 0 Å².